The number of rotatable bonds is 7. The van der Waals surface area contributed by atoms with Crippen LogP contribution in [0.3, 0.4) is 0 Å². The number of aryl methyl sites for hydroxylation is 1. The summed E-state index contributed by atoms with van der Waals surface area (Å²) in [5.74, 6) is 4.73. The van der Waals surface area contributed by atoms with Crippen molar-refractivity contribution < 1.29 is 9.15 Å². The largest absolute Gasteiger partial charge is 0.481 e. The van der Waals surface area contributed by atoms with Crippen LogP contribution in [0.1, 0.15) is 61.8 Å². The van der Waals surface area contributed by atoms with Gasteiger partial charge in [0, 0.05) is 19.5 Å². The Bertz CT molecular complexity index is 672. The van der Waals surface area contributed by atoms with Gasteiger partial charge in [-0.05, 0) is 30.4 Å². The molecule has 23 heavy (non-hydrogen) atoms. The summed E-state index contributed by atoms with van der Waals surface area (Å²) in [5, 5.41) is 8.04. The minimum atomic E-state index is 0.369. The molecular formula is C18H27N3O2. The number of hydrogen-bond acceptors (Lipinski definition) is 4. The van der Waals surface area contributed by atoms with Crippen molar-refractivity contribution in [1.82, 2.24) is 15.1 Å². The molecule has 5 heteroatoms. The monoisotopic (exact) mass is 317 g/mol. The number of nitrogens with zero attached hydrogens (tertiary/aromatic N) is 2. The second-order valence-electron chi connectivity index (χ2n) is 6.88. The van der Waals surface area contributed by atoms with Crippen LogP contribution in [0.15, 0.2) is 16.5 Å². The highest BCUT2D eigenvalue weighted by molar-refractivity contribution is 5.33. The number of aromatic nitrogens is 2. The van der Waals surface area contributed by atoms with Gasteiger partial charge in [-0.15, -0.1) is 0 Å². The van der Waals surface area contributed by atoms with Crippen LogP contribution in [-0.4, -0.2) is 16.9 Å². The molecule has 1 aliphatic carbocycles. The van der Waals surface area contributed by atoms with Crippen molar-refractivity contribution in [1.29, 1.82) is 0 Å². The lowest BCUT2D eigenvalue weighted by atomic mass is 10.1. The van der Waals surface area contributed by atoms with E-state index >= 15 is 0 Å². The molecule has 0 aromatic carbocycles. The summed E-state index contributed by atoms with van der Waals surface area (Å²) in [6.45, 7) is 8.02. The molecule has 126 valence electrons. The first-order chi connectivity index (χ1) is 11.0. The normalized spacial score (nSPS) is 20.3. The first kappa shape index (κ1) is 16.1. The Hall–Kier alpha value is -1.75. The summed E-state index contributed by atoms with van der Waals surface area (Å²) >= 11 is 0. The van der Waals surface area contributed by atoms with Crippen molar-refractivity contribution in [3.63, 3.8) is 0 Å². The second kappa shape index (κ2) is 6.40. The van der Waals surface area contributed by atoms with E-state index in [0.717, 1.165) is 47.7 Å². The predicted molar refractivity (Wildman–Crippen MR) is 89.6 cm³/mol. The molecule has 2 aromatic rings. The van der Waals surface area contributed by atoms with Crippen LogP contribution in [0.5, 0.6) is 5.88 Å². The molecule has 0 aliphatic heterocycles. The van der Waals surface area contributed by atoms with Crippen molar-refractivity contribution in [3.05, 3.63) is 34.9 Å². The maximum Gasteiger partial charge on any atom is 0.216 e. The van der Waals surface area contributed by atoms with Crippen LogP contribution in [0, 0.1) is 5.92 Å². The highest BCUT2D eigenvalue weighted by Gasteiger charge is 2.36. The molecule has 0 spiro atoms. The third kappa shape index (κ3) is 3.29. The van der Waals surface area contributed by atoms with Crippen LogP contribution in [0.4, 0.5) is 0 Å². The molecule has 2 heterocycles. The molecule has 0 amide bonds. The van der Waals surface area contributed by atoms with Crippen LogP contribution in [0.25, 0.3) is 0 Å². The molecule has 2 atom stereocenters. The number of methoxy groups -OCH3 is 1. The maximum atomic E-state index is 5.94. The quantitative estimate of drug-likeness (QED) is 0.848. The Kier molecular flexibility index (Phi) is 4.48. The predicted octanol–water partition coefficient (Wildman–Crippen LogP) is 3.56. The van der Waals surface area contributed by atoms with Gasteiger partial charge in [-0.25, -0.2) is 4.68 Å². The Morgan fingerprint density at radius 1 is 1.39 bits per heavy atom. The molecule has 0 radical (unpaired) electrons. The van der Waals surface area contributed by atoms with E-state index in [-0.39, 0.29) is 0 Å². The number of furan rings is 1. The lowest BCUT2D eigenvalue weighted by molar-refractivity contribution is 0.367. The Labute approximate surface area is 138 Å². The lowest BCUT2D eigenvalue weighted by Gasteiger charge is -2.08. The molecule has 0 saturated heterocycles. The van der Waals surface area contributed by atoms with Crippen molar-refractivity contribution >= 4 is 0 Å². The zero-order valence-corrected chi connectivity index (χ0v) is 14.7. The first-order valence-electron chi connectivity index (χ1n) is 8.40. The molecule has 1 N–H and O–H groups in total. The number of nitrogens with one attached hydrogen (secondary N) is 1. The fourth-order valence-corrected chi connectivity index (χ4v) is 3.18. The maximum absolute atomic E-state index is 5.94. The third-order valence-electron chi connectivity index (χ3n) is 4.62. The van der Waals surface area contributed by atoms with E-state index in [9.17, 15) is 0 Å². The van der Waals surface area contributed by atoms with Gasteiger partial charge in [-0.1, -0.05) is 20.8 Å². The smallest absolute Gasteiger partial charge is 0.216 e. The molecule has 2 unspecified atom stereocenters. The standard InChI is InChI=1S/C18H27N3O2/c1-11(2)17-15(18(22-5)21(4)20-17)10-19-9-13-6-7-16(23-13)14-8-12(14)3/h6-7,11-12,14,19H,8-10H2,1-5H3. The minimum absolute atomic E-state index is 0.369. The molecule has 5 nitrogen and oxygen atoms in total. The van der Waals surface area contributed by atoms with Crippen LogP contribution < -0.4 is 10.1 Å². The topological polar surface area (TPSA) is 52.2 Å². The molecule has 1 fully saturated rings. The first-order valence-corrected chi connectivity index (χ1v) is 8.40. The van der Waals surface area contributed by atoms with Crippen LogP contribution in [-0.2, 0) is 20.1 Å². The fraction of sp³-hybridized carbons (Fsp3) is 0.611. The summed E-state index contributed by atoms with van der Waals surface area (Å²) in [5.41, 5.74) is 2.22. The number of hydrogen-bond donors (Lipinski definition) is 1. The SMILES string of the molecule is COc1c(CNCc2ccc(C3CC3C)o2)c(C(C)C)nn1C. The van der Waals surface area contributed by atoms with E-state index in [0.29, 0.717) is 11.8 Å². The van der Waals surface area contributed by atoms with Gasteiger partial charge in [0.1, 0.15) is 11.5 Å². The van der Waals surface area contributed by atoms with E-state index < -0.39 is 0 Å². The summed E-state index contributed by atoms with van der Waals surface area (Å²) in [7, 11) is 3.62. The van der Waals surface area contributed by atoms with Crippen molar-refractivity contribution in [2.45, 2.75) is 52.1 Å². The number of ether oxygens (including phenoxy) is 1. The van der Waals surface area contributed by atoms with Gasteiger partial charge in [0.05, 0.1) is 24.9 Å². The lowest BCUT2D eigenvalue weighted by Crippen LogP contribution is -2.14. The van der Waals surface area contributed by atoms with Crippen LogP contribution in [0.2, 0.25) is 0 Å². The van der Waals surface area contributed by atoms with Crippen LogP contribution >= 0.6 is 0 Å². The van der Waals surface area contributed by atoms with Gasteiger partial charge in [0.2, 0.25) is 5.88 Å². The van der Waals surface area contributed by atoms with Crippen molar-refractivity contribution in [3.8, 4) is 5.88 Å². The summed E-state index contributed by atoms with van der Waals surface area (Å²) in [4.78, 5) is 0. The van der Waals surface area contributed by atoms with Crippen molar-refractivity contribution in [2.24, 2.45) is 13.0 Å². The van der Waals surface area contributed by atoms with Crippen molar-refractivity contribution in [2.75, 3.05) is 7.11 Å². The Balaban J connectivity index is 1.63. The second-order valence-corrected chi connectivity index (χ2v) is 6.88. The molecule has 2 aromatic heterocycles. The Morgan fingerprint density at radius 2 is 2.13 bits per heavy atom. The Morgan fingerprint density at radius 3 is 2.74 bits per heavy atom. The summed E-state index contributed by atoms with van der Waals surface area (Å²) < 4.78 is 13.3. The average molecular weight is 317 g/mol. The highest BCUT2D eigenvalue weighted by atomic mass is 16.5. The van der Waals surface area contributed by atoms with Gasteiger partial charge in [0.15, 0.2) is 0 Å². The van der Waals surface area contributed by atoms with E-state index in [4.69, 9.17) is 9.15 Å². The third-order valence-corrected chi connectivity index (χ3v) is 4.62. The molecule has 1 saturated carbocycles. The zero-order valence-electron chi connectivity index (χ0n) is 14.7. The zero-order chi connectivity index (χ0) is 16.6. The van der Waals surface area contributed by atoms with E-state index in [2.05, 4.69) is 43.3 Å². The van der Waals surface area contributed by atoms with E-state index in [1.165, 1.54) is 6.42 Å². The highest BCUT2D eigenvalue weighted by Crippen LogP contribution is 2.47. The van der Waals surface area contributed by atoms with Gasteiger partial charge < -0.3 is 14.5 Å². The molecular weight excluding hydrogens is 290 g/mol. The summed E-state index contributed by atoms with van der Waals surface area (Å²) in [6.07, 6.45) is 1.25. The fourth-order valence-electron chi connectivity index (χ4n) is 3.18. The molecule has 0 bridgehead atoms. The van der Waals surface area contributed by atoms with E-state index in [1.54, 1.807) is 7.11 Å². The minimum Gasteiger partial charge on any atom is -0.481 e. The van der Waals surface area contributed by atoms with Gasteiger partial charge in [0.25, 0.3) is 0 Å². The molecule has 1 aliphatic rings. The van der Waals surface area contributed by atoms with E-state index in [1.807, 2.05) is 11.7 Å². The molecule has 3 rings (SSSR count). The van der Waals surface area contributed by atoms with Gasteiger partial charge in [-0.2, -0.15) is 5.10 Å². The van der Waals surface area contributed by atoms with Gasteiger partial charge >= 0.3 is 0 Å². The summed E-state index contributed by atoms with van der Waals surface area (Å²) in [6, 6.07) is 4.20. The average Bonchev–Trinajstić information content (AvgIpc) is 2.94. The van der Waals surface area contributed by atoms with Gasteiger partial charge in [-0.3, -0.25) is 0 Å².